The molecule has 0 aromatic heterocycles. The lowest BCUT2D eigenvalue weighted by Crippen LogP contribution is -2.33. The maximum atomic E-state index is 11.6. The SMILES string of the molecule is Cc1cccc(C)c1NC(=O)CNCC(C)O. The van der Waals surface area contributed by atoms with Gasteiger partial charge in [-0.25, -0.2) is 0 Å². The average Bonchev–Trinajstić information content (AvgIpc) is 2.23. The molecule has 1 rings (SSSR count). The maximum Gasteiger partial charge on any atom is 0.238 e. The maximum absolute atomic E-state index is 11.6. The molecule has 0 spiro atoms. The molecular weight excluding hydrogens is 216 g/mol. The summed E-state index contributed by atoms with van der Waals surface area (Å²) in [5, 5.41) is 14.8. The van der Waals surface area contributed by atoms with E-state index >= 15 is 0 Å². The molecule has 1 unspecified atom stereocenters. The number of aliphatic hydroxyl groups excluding tert-OH is 1. The van der Waals surface area contributed by atoms with E-state index in [1.807, 2.05) is 32.0 Å². The van der Waals surface area contributed by atoms with Crippen LogP contribution in [-0.4, -0.2) is 30.2 Å². The van der Waals surface area contributed by atoms with Crippen molar-refractivity contribution >= 4 is 11.6 Å². The van der Waals surface area contributed by atoms with E-state index in [1.54, 1.807) is 6.92 Å². The van der Waals surface area contributed by atoms with Crippen molar-refractivity contribution in [3.05, 3.63) is 29.3 Å². The predicted molar refractivity (Wildman–Crippen MR) is 69.1 cm³/mol. The van der Waals surface area contributed by atoms with Crippen LogP contribution < -0.4 is 10.6 Å². The highest BCUT2D eigenvalue weighted by atomic mass is 16.3. The van der Waals surface area contributed by atoms with E-state index in [9.17, 15) is 4.79 Å². The smallest absolute Gasteiger partial charge is 0.238 e. The van der Waals surface area contributed by atoms with Gasteiger partial charge in [-0.15, -0.1) is 0 Å². The molecule has 1 aromatic rings. The highest BCUT2D eigenvalue weighted by Gasteiger charge is 2.06. The Morgan fingerprint density at radius 1 is 1.35 bits per heavy atom. The molecule has 1 atom stereocenters. The molecule has 1 amide bonds. The molecule has 0 fully saturated rings. The van der Waals surface area contributed by atoms with Crippen molar-refractivity contribution in [1.29, 1.82) is 0 Å². The number of hydrogen-bond donors (Lipinski definition) is 3. The Bertz CT molecular complexity index is 369. The third-order valence-electron chi connectivity index (χ3n) is 2.47. The van der Waals surface area contributed by atoms with Crippen molar-refractivity contribution in [2.75, 3.05) is 18.4 Å². The van der Waals surface area contributed by atoms with Gasteiger partial charge in [0.25, 0.3) is 0 Å². The summed E-state index contributed by atoms with van der Waals surface area (Å²) in [7, 11) is 0. The number of aryl methyl sites for hydroxylation is 2. The fraction of sp³-hybridized carbons (Fsp3) is 0.462. The van der Waals surface area contributed by atoms with E-state index in [0.29, 0.717) is 6.54 Å². The molecule has 0 radical (unpaired) electrons. The van der Waals surface area contributed by atoms with Crippen LogP contribution in [0.15, 0.2) is 18.2 Å². The first kappa shape index (κ1) is 13.7. The van der Waals surface area contributed by atoms with Crippen molar-refractivity contribution in [1.82, 2.24) is 5.32 Å². The molecule has 0 saturated carbocycles. The lowest BCUT2D eigenvalue weighted by Gasteiger charge is -2.12. The largest absolute Gasteiger partial charge is 0.392 e. The first-order chi connectivity index (χ1) is 8.00. The van der Waals surface area contributed by atoms with Gasteiger partial charge in [-0.1, -0.05) is 18.2 Å². The van der Waals surface area contributed by atoms with Gasteiger partial charge in [-0.05, 0) is 31.9 Å². The van der Waals surface area contributed by atoms with Crippen LogP contribution in [0.3, 0.4) is 0 Å². The van der Waals surface area contributed by atoms with Crippen LogP contribution in [0.5, 0.6) is 0 Å². The van der Waals surface area contributed by atoms with Crippen LogP contribution in [0.4, 0.5) is 5.69 Å². The van der Waals surface area contributed by atoms with Crippen molar-refractivity contribution < 1.29 is 9.90 Å². The zero-order valence-electron chi connectivity index (χ0n) is 10.6. The number of carbonyl (C=O) groups excluding carboxylic acids is 1. The quantitative estimate of drug-likeness (QED) is 0.720. The summed E-state index contributed by atoms with van der Waals surface area (Å²) < 4.78 is 0. The number of rotatable bonds is 5. The molecule has 3 N–H and O–H groups in total. The fourth-order valence-electron chi connectivity index (χ4n) is 1.59. The van der Waals surface area contributed by atoms with Crippen LogP contribution in [-0.2, 0) is 4.79 Å². The minimum atomic E-state index is -0.442. The molecule has 0 aliphatic heterocycles. The second-order valence-electron chi connectivity index (χ2n) is 4.29. The van der Waals surface area contributed by atoms with Gasteiger partial charge in [-0.3, -0.25) is 4.79 Å². The molecule has 4 nitrogen and oxygen atoms in total. The highest BCUT2D eigenvalue weighted by Crippen LogP contribution is 2.18. The summed E-state index contributed by atoms with van der Waals surface area (Å²) in [5.74, 6) is -0.0944. The lowest BCUT2D eigenvalue weighted by molar-refractivity contribution is -0.115. The first-order valence-electron chi connectivity index (χ1n) is 5.75. The van der Waals surface area contributed by atoms with Gasteiger partial charge in [0, 0.05) is 12.2 Å². The molecule has 17 heavy (non-hydrogen) atoms. The molecule has 94 valence electrons. The summed E-state index contributed by atoms with van der Waals surface area (Å²) in [6, 6.07) is 5.89. The Hall–Kier alpha value is -1.39. The molecule has 1 aromatic carbocycles. The summed E-state index contributed by atoms with van der Waals surface area (Å²) in [6.07, 6.45) is -0.442. The van der Waals surface area contributed by atoms with Gasteiger partial charge in [0.15, 0.2) is 0 Å². The second kappa shape index (κ2) is 6.37. The third-order valence-corrected chi connectivity index (χ3v) is 2.47. The van der Waals surface area contributed by atoms with Gasteiger partial charge in [0.05, 0.1) is 12.6 Å². The molecule has 0 heterocycles. The van der Waals surface area contributed by atoms with Crippen LogP contribution in [0, 0.1) is 13.8 Å². The van der Waals surface area contributed by atoms with E-state index in [2.05, 4.69) is 10.6 Å². The minimum absolute atomic E-state index is 0.0944. The van der Waals surface area contributed by atoms with Gasteiger partial charge in [0.2, 0.25) is 5.91 Å². The van der Waals surface area contributed by atoms with E-state index in [0.717, 1.165) is 16.8 Å². The Balaban J connectivity index is 2.51. The second-order valence-corrected chi connectivity index (χ2v) is 4.29. The van der Waals surface area contributed by atoms with E-state index in [-0.39, 0.29) is 12.5 Å². The zero-order valence-corrected chi connectivity index (χ0v) is 10.6. The highest BCUT2D eigenvalue weighted by molar-refractivity contribution is 5.93. The summed E-state index contributed by atoms with van der Waals surface area (Å²) in [4.78, 5) is 11.6. The van der Waals surface area contributed by atoms with Gasteiger partial charge in [0.1, 0.15) is 0 Å². The molecule has 0 saturated heterocycles. The fourth-order valence-corrected chi connectivity index (χ4v) is 1.59. The topological polar surface area (TPSA) is 61.4 Å². The Morgan fingerprint density at radius 3 is 2.47 bits per heavy atom. The van der Waals surface area contributed by atoms with Crippen LogP contribution in [0.2, 0.25) is 0 Å². The molecule has 0 aliphatic rings. The molecule has 0 aliphatic carbocycles. The van der Waals surface area contributed by atoms with Gasteiger partial charge >= 0.3 is 0 Å². The number of carbonyl (C=O) groups is 1. The summed E-state index contributed by atoms with van der Waals surface area (Å²) in [6.45, 7) is 6.23. The van der Waals surface area contributed by atoms with E-state index in [4.69, 9.17) is 5.11 Å². The predicted octanol–water partition coefficient (Wildman–Crippen LogP) is 1.21. The third kappa shape index (κ3) is 4.54. The van der Waals surface area contributed by atoms with Crippen molar-refractivity contribution in [3.63, 3.8) is 0 Å². The normalized spacial score (nSPS) is 12.2. The number of anilines is 1. The molecule has 4 heteroatoms. The van der Waals surface area contributed by atoms with Crippen LogP contribution in [0.25, 0.3) is 0 Å². The number of nitrogens with one attached hydrogen (secondary N) is 2. The van der Waals surface area contributed by atoms with Crippen LogP contribution in [0.1, 0.15) is 18.1 Å². The first-order valence-corrected chi connectivity index (χ1v) is 5.75. The van der Waals surface area contributed by atoms with E-state index in [1.165, 1.54) is 0 Å². The van der Waals surface area contributed by atoms with Crippen molar-refractivity contribution in [2.24, 2.45) is 0 Å². The number of aliphatic hydroxyl groups is 1. The van der Waals surface area contributed by atoms with Crippen molar-refractivity contribution in [3.8, 4) is 0 Å². The number of benzene rings is 1. The number of para-hydroxylation sites is 1. The lowest BCUT2D eigenvalue weighted by atomic mass is 10.1. The number of hydrogen-bond acceptors (Lipinski definition) is 3. The van der Waals surface area contributed by atoms with E-state index < -0.39 is 6.10 Å². The van der Waals surface area contributed by atoms with Crippen LogP contribution >= 0.6 is 0 Å². The molecule has 0 bridgehead atoms. The van der Waals surface area contributed by atoms with Gasteiger partial charge < -0.3 is 15.7 Å². The Morgan fingerprint density at radius 2 is 1.94 bits per heavy atom. The average molecular weight is 236 g/mol. The van der Waals surface area contributed by atoms with Gasteiger partial charge in [-0.2, -0.15) is 0 Å². The minimum Gasteiger partial charge on any atom is -0.392 e. The monoisotopic (exact) mass is 236 g/mol. The Kier molecular flexibility index (Phi) is 5.12. The van der Waals surface area contributed by atoms with Crippen molar-refractivity contribution in [2.45, 2.75) is 26.9 Å². The zero-order chi connectivity index (χ0) is 12.8. The molecular formula is C13H20N2O2. The Labute approximate surface area is 102 Å². The summed E-state index contributed by atoms with van der Waals surface area (Å²) in [5.41, 5.74) is 2.97. The number of amides is 1. The standard InChI is InChI=1S/C13H20N2O2/c1-9-5-4-6-10(2)13(9)15-12(17)8-14-7-11(3)16/h4-6,11,14,16H,7-8H2,1-3H3,(H,15,17). The summed E-state index contributed by atoms with van der Waals surface area (Å²) >= 11 is 0.